The van der Waals surface area contributed by atoms with E-state index in [1.54, 1.807) is 20.3 Å². The van der Waals surface area contributed by atoms with Gasteiger partial charge in [-0.15, -0.1) is 0 Å². The van der Waals surface area contributed by atoms with Crippen LogP contribution in [0.3, 0.4) is 0 Å². The summed E-state index contributed by atoms with van der Waals surface area (Å²) < 4.78 is 11.3. The highest BCUT2D eigenvalue weighted by atomic mass is 79.9. The first kappa shape index (κ1) is 13.3. The second-order valence-electron chi connectivity index (χ2n) is 3.42. The predicted octanol–water partition coefficient (Wildman–Crippen LogP) is 1.77. The maximum atomic E-state index is 9.11. The molecule has 0 aliphatic carbocycles. The molecule has 5 heteroatoms. The summed E-state index contributed by atoms with van der Waals surface area (Å²) >= 11 is 3.42. The van der Waals surface area contributed by atoms with Crippen LogP contribution in [0, 0.1) is 6.92 Å². The number of ether oxygens (including phenoxy) is 2. The standard InChI is InChI=1S/C11H16BrNO3/c1-6-10(8(13)5-14)7(12)4-9(15-2)11(6)16-3/h4,8,14H,5,13H2,1-3H3. The largest absolute Gasteiger partial charge is 0.493 e. The van der Waals surface area contributed by atoms with E-state index in [9.17, 15) is 0 Å². The Morgan fingerprint density at radius 1 is 1.44 bits per heavy atom. The minimum absolute atomic E-state index is 0.116. The number of aliphatic hydroxyl groups excluding tert-OH is 1. The molecule has 0 fully saturated rings. The van der Waals surface area contributed by atoms with Gasteiger partial charge in [-0.2, -0.15) is 0 Å². The molecule has 0 amide bonds. The Balaban J connectivity index is 3.40. The van der Waals surface area contributed by atoms with Crippen LogP contribution in [0.2, 0.25) is 0 Å². The van der Waals surface area contributed by atoms with Crippen molar-refractivity contribution in [3.05, 3.63) is 21.7 Å². The lowest BCUT2D eigenvalue weighted by atomic mass is 10.0. The van der Waals surface area contributed by atoms with Gasteiger partial charge in [0.2, 0.25) is 0 Å². The first-order chi connectivity index (χ1) is 7.56. The maximum Gasteiger partial charge on any atom is 0.164 e. The molecule has 1 unspecified atom stereocenters. The molecule has 1 atom stereocenters. The quantitative estimate of drug-likeness (QED) is 0.887. The molecule has 1 aromatic rings. The molecule has 0 saturated heterocycles. The highest BCUT2D eigenvalue weighted by Gasteiger charge is 2.19. The van der Waals surface area contributed by atoms with E-state index in [1.165, 1.54) is 0 Å². The van der Waals surface area contributed by atoms with Crippen molar-refractivity contribution in [2.24, 2.45) is 5.73 Å². The summed E-state index contributed by atoms with van der Waals surface area (Å²) in [6.07, 6.45) is 0. The van der Waals surface area contributed by atoms with Crippen LogP contribution in [0.5, 0.6) is 11.5 Å². The Morgan fingerprint density at radius 3 is 2.50 bits per heavy atom. The zero-order valence-electron chi connectivity index (χ0n) is 9.58. The Bertz CT molecular complexity index is 382. The number of aliphatic hydroxyl groups is 1. The normalized spacial score (nSPS) is 12.4. The van der Waals surface area contributed by atoms with Gasteiger partial charge >= 0.3 is 0 Å². The van der Waals surface area contributed by atoms with E-state index in [2.05, 4.69) is 15.9 Å². The zero-order chi connectivity index (χ0) is 12.3. The van der Waals surface area contributed by atoms with E-state index in [4.69, 9.17) is 20.3 Å². The van der Waals surface area contributed by atoms with Gasteiger partial charge in [0.1, 0.15) is 0 Å². The summed E-state index contributed by atoms with van der Waals surface area (Å²) in [5.41, 5.74) is 7.54. The molecular weight excluding hydrogens is 274 g/mol. The first-order valence-corrected chi connectivity index (χ1v) is 5.63. The fourth-order valence-electron chi connectivity index (χ4n) is 1.70. The molecule has 1 aromatic carbocycles. The summed E-state index contributed by atoms with van der Waals surface area (Å²) in [6, 6.07) is 1.35. The Kier molecular flexibility index (Phi) is 4.58. The molecule has 0 aliphatic rings. The molecule has 16 heavy (non-hydrogen) atoms. The Hall–Kier alpha value is -0.780. The van der Waals surface area contributed by atoms with E-state index in [0.29, 0.717) is 11.5 Å². The van der Waals surface area contributed by atoms with Crippen molar-refractivity contribution in [1.29, 1.82) is 0 Å². The van der Waals surface area contributed by atoms with Crippen LogP contribution in [0.15, 0.2) is 10.5 Å². The van der Waals surface area contributed by atoms with E-state index >= 15 is 0 Å². The van der Waals surface area contributed by atoms with Gasteiger partial charge in [-0.05, 0) is 18.6 Å². The minimum Gasteiger partial charge on any atom is -0.493 e. The van der Waals surface area contributed by atoms with Crippen LogP contribution in [-0.2, 0) is 0 Å². The second-order valence-corrected chi connectivity index (χ2v) is 4.28. The molecule has 0 saturated carbocycles. The highest BCUT2D eigenvalue weighted by molar-refractivity contribution is 9.10. The molecule has 3 N–H and O–H groups in total. The van der Waals surface area contributed by atoms with Crippen LogP contribution in [-0.4, -0.2) is 25.9 Å². The molecule has 0 bridgehead atoms. The lowest BCUT2D eigenvalue weighted by molar-refractivity contribution is 0.266. The number of nitrogens with two attached hydrogens (primary N) is 1. The van der Waals surface area contributed by atoms with Crippen molar-refractivity contribution >= 4 is 15.9 Å². The molecule has 90 valence electrons. The van der Waals surface area contributed by atoms with E-state index in [-0.39, 0.29) is 6.61 Å². The third-order valence-electron chi connectivity index (χ3n) is 2.48. The Labute approximate surface area is 103 Å². The molecule has 0 heterocycles. The van der Waals surface area contributed by atoms with Gasteiger partial charge in [0.15, 0.2) is 11.5 Å². The SMILES string of the molecule is COc1cc(Br)c(C(N)CO)c(C)c1OC. The van der Waals surface area contributed by atoms with Crippen molar-refractivity contribution in [2.45, 2.75) is 13.0 Å². The van der Waals surface area contributed by atoms with Gasteiger partial charge in [0.25, 0.3) is 0 Å². The van der Waals surface area contributed by atoms with E-state index in [1.807, 2.05) is 6.92 Å². The van der Waals surface area contributed by atoms with Crippen LogP contribution < -0.4 is 15.2 Å². The third kappa shape index (κ3) is 2.31. The summed E-state index contributed by atoms with van der Waals surface area (Å²) in [5.74, 6) is 1.28. The van der Waals surface area contributed by atoms with Crippen molar-refractivity contribution in [2.75, 3.05) is 20.8 Å². The fraction of sp³-hybridized carbons (Fsp3) is 0.455. The second kappa shape index (κ2) is 5.52. The van der Waals surface area contributed by atoms with Crippen molar-refractivity contribution in [1.82, 2.24) is 0 Å². The van der Waals surface area contributed by atoms with Gasteiger partial charge < -0.3 is 20.3 Å². The van der Waals surface area contributed by atoms with Gasteiger partial charge in [0.05, 0.1) is 26.9 Å². The summed E-state index contributed by atoms with van der Waals surface area (Å²) in [6.45, 7) is 1.77. The number of rotatable bonds is 4. The monoisotopic (exact) mass is 289 g/mol. The van der Waals surface area contributed by atoms with Crippen LogP contribution >= 0.6 is 15.9 Å². The average molecular weight is 290 g/mol. The predicted molar refractivity (Wildman–Crippen MR) is 66.0 cm³/mol. The smallest absolute Gasteiger partial charge is 0.164 e. The van der Waals surface area contributed by atoms with Crippen LogP contribution in [0.4, 0.5) is 0 Å². The van der Waals surface area contributed by atoms with Crippen molar-refractivity contribution in [3.63, 3.8) is 0 Å². The average Bonchev–Trinajstić information content (AvgIpc) is 2.27. The number of methoxy groups -OCH3 is 2. The van der Waals surface area contributed by atoms with Crippen molar-refractivity contribution < 1.29 is 14.6 Å². The van der Waals surface area contributed by atoms with Gasteiger partial charge in [-0.3, -0.25) is 0 Å². The maximum absolute atomic E-state index is 9.11. The first-order valence-electron chi connectivity index (χ1n) is 4.84. The topological polar surface area (TPSA) is 64.7 Å². The number of halogens is 1. The molecule has 4 nitrogen and oxygen atoms in total. The third-order valence-corrected chi connectivity index (χ3v) is 3.13. The zero-order valence-corrected chi connectivity index (χ0v) is 11.2. The molecule has 0 spiro atoms. The molecule has 0 aliphatic heterocycles. The summed E-state index contributed by atoms with van der Waals surface area (Å²) in [7, 11) is 3.16. The number of hydrogen-bond acceptors (Lipinski definition) is 4. The molecular formula is C11H16BrNO3. The van der Waals surface area contributed by atoms with Gasteiger partial charge in [-0.1, -0.05) is 15.9 Å². The van der Waals surface area contributed by atoms with E-state index < -0.39 is 6.04 Å². The summed E-state index contributed by atoms with van der Waals surface area (Å²) in [4.78, 5) is 0. The number of hydrogen-bond donors (Lipinski definition) is 2. The van der Waals surface area contributed by atoms with E-state index in [0.717, 1.165) is 15.6 Å². The van der Waals surface area contributed by atoms with Crippen LogP contribution in [0.25, 0.3) is 0 Å². The van der Waals surface area contributed by atoms with Gasteiger partial charge in [-0.25, -0.2) is 0 Å². The lowest BCUT2D eigenvalue weighted by Crippen LogP contribution is -2.17. The molecule has 0 radical (unpaired) electrons. The fourth-order valence-corrected chi connectivity index (χ4v) is 2.50. The van der Waals surface area contributed by atoms with Crippen molar-refractivity contribution in [3.8, 4) is 11.5 Å². The van der Waals surface area contributed by atoms with Gasteiger partial charge in [0, 0.05) is 10.0 Å². The minimum atomic E-state index is -0.436. The molecule has 1 rings (SSSR count). The number of benzene rings is 1. The Morgan fingerprint density at radius 2 is 2.06 bits per heavy atom. The molecule has 0 aromatic heterocycles. The highest BCUT2D eigenvalue weighted by Crippen LogP contribution is 2.39. The van der Waals surface area contributed by atoms with Crippen LogP contribution in [0.1, 0.15) is 17.2 Å². The lowest BCUT2D eigenvalue weighted by Gasteiger charge is -2.19. The summed E-state index contributed by atoms with van der Waals surface area (Å²) in [5, 5.41) is 9.11.